The van der Waals surface area contributed by atoms with Crippen LogP contribution in [0.15, 0.2) is 12.1 Å². The van der Waals surface area contributed by atoms with Gasteiger partial charge < -0.3 is 0 Å². The second-order valence-corrected chi connectivity index (χ2v) is 8.45. The van der Waals surface area contributed by atoms with Gasteiger partial charge in [0.05, 0.1) is 0 Å². The Hall–Kier alpha value is -0.510. The van der Waals surface area contributed by atoms with E-state index in [0.29, 0.717) is 5.92 Å². The van der Waals surface area contributed by atoms with Gasteiger partial charge in [-0.15, -0.1) is 11.3 Å². The van der Waals surface area contributed by atoms with Crippen LogP contribution in [-0.4, -0.2) is 0 Å². The Kier molecular flexibility index (Phi) is 4.86. The molecule has 22 heavy (non-hydrogen) atoms. The van der Waals surface area contributed by atoms with Gasteiger partial charge in [0.2, 0.25) is 0 Å². The lowest BCUT2D eigenvalue weighted by Gasteiger charge is -2.37. The van der Waals surface area contributed by atoms with Crippen molar-refractivity contribution in [2.45, 2.75) is 70.4 Å². The molecule has 0 aliphatic heterocycles. The molecule has 0 radical (unpaired) electrons. The molecule has 2 saturated carbocycles. The number of alkyl halides is 3. The largest absolute Gasteiger partial charge is 0.425 e. The van der Waals surface area contributed by atoms with E-state index in [4.69, 9.17) is 0 Å². The number of hydrogen-bond donors (Lipinski definition) is 0. The molecule has 124 valence electrons. The summed E-state index contributed by atoms with van der Waals surface area (Å²) in [5.41, 5.74) is 0. The van der Waals surface area contributed by atoms with Crippen LogP contribution in [0.1, 0.15) is 74.0 Å². The first-order valence-electron chi connectivity index (χ1n) is 8.60. The highest BCUT2D eigenvalue weighted by atomic mass is 32.1. The average molecular weight is 330 g/mol. The van der Waals surface area contributed by atoms with Gasteiger partial charge in [-0.1, -0.05) is 19.8 Å². The zero-order valence-corrected chi connectivity index (χ0v) is 14.0. The maximum absolute atomic E-state index is 12.7. The molecule has 1 heterocycles. The van der Waals surface area contributed by atoms with E-state index in [1.807, 2.05) is 0 Å². The predicted octanol–water partition coefficient (Wildman–Crippen LogP) is 6.87. The van der Waals surface area contributed by atoms with Crippen molar-refractivity contribution in [2.24, 2.45) is 17.8 Å². The molecule has 0 bridgehead atoms. The van der Waals surface area contributed by atoms with Gasteiger partial charge in [0.15, 0.2) is 0 Å². The highest BCUT2D eigenvalue weighted by Gasteiger charge is 2.35. The third-order valence-corrected chi connectivity index (χ3v) is 7.10. The molecule has 2 aliphatic carbocycles. The van der Waals surface area contributed by atoms with E-state index in [0.717, 1.165) is 46.8 Å². The van der Waals surface area contributed by atoms with Gasteiger partial charge in [-0.25, -0.2) is 0 Å². The van der Waals surface area contributed by atoms with Crippen LogP contribution in [0, 0.1) is 17.8 Å². The molecule has 0 aromatic carbocycles. The highest BCUT2D eigenvalue weighted by Crippen LogP contribution is 2.46. The van der Waals surface area contributed by atoms with Crippen LogP contribution in [0.5, 0.6) is 0 Å². The van der Waals surface area contributed by atoms with Gasteiger partial charge in [0, 0.05) is 4.88 Å². The van der Waals surface area contributed by atoms with Crippen molar-refractivity contribution in [3.63, 3.8) is 0 Å². The smallest absolute Gasteiger partial charge is 0.165 e. The van der Waals surface area contributed by atoms with Gasteiger partial charge in [-0.2, -0.15) is 13.2 Å². The summed E-state index contributed by atoms with van der Waals surface area (Å²) < 4.78 is 38.1. The number of thiophene rings is 1. The molecule has 0 nitrogen and oxygen atoms in total. The van der Waals surface area contributed by atoms with Crippen LogP contribution < -0.4 is 0 Å². The summed E-state index contributed by atoms with van der Waals surface area (Å²) in [6.45, 7) is 2.35. The summed E-state index contributed by atoms with van der Waals surface area (Å²) in [7, 11) is 0. The Labute approximate surface area is 135 Å². The third kappa shape index (κ3) is 3.69. The lowest BCUT2D eigenvalue weighted by atomic mass is 9.69. The van der Waals surface area contributed by atoms with Gasteiger partial charge in [0.25, 0.3) is 0 Å². The maximum atomic E-state index is 12.7. The first-order valence-corrected chi connectivity index (χ1v) is 9.42. The molecule has 0 amide bonds. The topological polar surface area (TPSA) is 0 Å². The Morgan fingerprint density at radius 3 is 1.91 bits per heavy atom. The zero-order chi connectivity index (χ0) is 15.7. The summed E-state index contributed by atoms with van der Waals surface area (Å²) in [4.78, 5) is 0.508. The van der Waals surface area contributed by atoms with Crippen molar-refractivity contribution < 1.29 is 13.2 Å². The van der Waals surface area contributed by atoms with E-state index < -0.39 is 11.1 Å². The van der Waals surface area contributed by atoms with Gasteiger partial charge in [0.1, 0.15) is 4.88 Å². The van der Waals surface area contributed by atoms with Crippen molar-refractivity contribution in [2.75, 3.05) is 0 Å². The maximum Gasteiger partial charge on any atom is 0.425 e. The van der Waals surface area contributed by atoms with Crippen LogP contribution in [-0.2, 0) is 6.18 Å². The van der Waals surface area contributed by atoms with Crippen molar-refractivity contribution in [3.05, 3.63) is 21.9 Å². The van der Waals surface area contributed by atoms with Gasteiger partial charge >= 0.3 is 6.18 Å². The van der Waals surface area contributed by atoms with Crippen LogP contribution in [0.2, 0.25) is 0 Å². The van der Waals surface area contributed by atoms with Gasteiger partial charge in [-0.05, 0) is 74.3 Å². The molecule has 2 aliphatic rings. The zero-order valence-electron chi connectivity index (χ0n) is 13.2. The molecule has 0 N–H and O–H groups in total. The fourth-order valence-corrected chi connectivity index (χ4v) is 5.40. The summed E-state index contributed by atoms with van der Waals surface area (Å²) in [6.07, 6.45) is 5.87. The van der Waals surface area contributed by atoms with Crippen LogP contribution in [0.4, 0.5) is 13.2 Å². The van der Waals surface area contributed by atoms with Crippen molar-refractivity contribution in [1.29, 1.82) is 0 Å². The lowest BCUT2D eigenvalue weighted by Crippen LogP contribution is -2.24. The third-order valence-electron chi connectivity index (χ3n) is 5.81. The summed E-state index contributed by atoms with van der Waals surface area (Å²) in [5, 5.41) is 0. The quantitative estimate of drug-likeness (QED) is 0.555. The SMILES string of the molecule is CC1CCC(C2CCC(c3ccc(C(F)(F)F)s3)CC2)CC1. The minimum absolute atomic E-state index is 0.361. The van der Waals surface area contributed by atoms with Crippen molar-refractivity contribution >= 4 is 11.3 Å². The number of halogens is 3. The fraction of sp³-hybridized carbons (Fsp3) is 0.778. The van der Waals surface area contributed by atoms with Crippen molar-refractivity contribution in [1.82, 2.24) is 0 Å². The molecule has 1 aromatic heterocycles. The van der Waals surface area contributed by atoms with Crippen LogP contribution >= 0.6 is 11.3 Å². The monoisotopic (exact) mass is 330 g/mol. The van der Waals surface area contributed by atoms with E-state index in [9.17, 15) is 13.2 Å². The average Bonchev–Trinajstić information content (AvgIpc) is 2.98. The highest BCUT2D eigenvalue weighted by molar-refractivity contribution is 7.12. The first-order chi connectivity index (χ1) is 10.4. The number of hydrogen-bond acceptors (Lipinski definition) is 1. The van der Waals surface area contributed by atoms with E-state index in [2.05, 4.69) is 6.92 Å². The Morgan fingerprint density at radius 1 is 0.864 bits per heavy atom. The molecule has 3 rings (SSSR count). The molecule has 0 saturated heterocycles. The van der Waals surface area contributed by atoms with E-state index in [1.165, 1.54) is 44.6 Å². The molecule has 0 unspecified atom stereocenters. The number of rotatable bonds is 2. The molecule has 2 fully saturated rings. The standard InChI is InChI=1S/C18H25F3S/c1-12-2-4-13(5-3-12)14-6-8-15(9-7-14)16-10-11-17(22-16)18(19,20)21/h10-15H,2-9H2,1H3. The Balaban J connectivity index is 1.54. The van der Waals surface area contributed by atoms with E-state index in [-0.39, 0.29) is 0 Å². The minimum Gasteiger partial charge on any atom is -0.165 e. The van der Waals surface area contributed by atoms with Crippen LogP contribution in [0.25, 0.3) is 0 Å². The predicted molar refractivity (Wildman–Crippen MR) is 85.1 cm³/mol. The molecule has 0 spiro atoms. The second kappa shape index (κ2) is 6.54. The molecule has 0 atom stereocenters. The van der Waals surface area contributed by atoms with Crippen molar-refractivity contribution in [3.8, 4) is 0 Å². The van der Waals surface area contributed by atoms with E-state index in [1.54, 1.807) is 6.07 Å². The Bertz CT molecular complexity index is 475. The normalized spacial score (nSPS) is 33.8. The second-order valence-electron chi connectivity index (χ2n) is 7.33. The van der Waals surface area contributed by atoms with Crippen LogP contribution in [0.3, 0.4) is 0 Å². The first kappa shape index (κ1) is 16.4. The summed E-state index contributed by atoms with van der Waals surface area (Å²) in [6, 6.07) is 2.97. The molecular formula is C18H25F3S. The Morgan fingerprint density at radius 2 is 1.41 bits per heavy atom. The molecular weight excluding hydrogens is 305 g/mol. The molecule has 4 heteroatoms. The van der Waals surface area contributed by atoms with E-state index >= 15 is 0 Å². The minimum atomic E-state index is -4.18. The fourth-order valence-electron chi connectivity index (χ4n) is 4.36. The summed E-state index contributed by atoms with van der Waals surface area (Å²) in [5.74, 6) is 2.95. The lowest BCUT2D eigenvalue weighted by molar-refractivity contribution is -0.134. The molecule has 1 aromatic rings. The summed E-state index contributed by atoms with van der Waals surface area (Å²) >= 11 is 0.958. The van der Waals surface area contributed by atoms with Gasteiger partial charge in [-0.3, -0.25) is 0 Å².